The minimum absolute atomic E-state index is 0. The molecule has 0 heterocycles. The Morgan fingerprint density at radius 3 is 2.00 bits per heavy atom. The number of hydrogen-bond acceptors (Lipinski definition) is 0. The monoisotopic (exact) mass is 196 g/mol. The fourth-order valence-corrected chi connectivity index (χ4v) is 0. The second-order valence-corrected chi connectivity index (χ2v) is 0.697. The van der Waals surface area contributed by atoms with Crippen molar-refractivity contribution >= 4 is 0 Å². The number of rotatable bonds is 1. The fraction of sp³-hybridized carbons (Fsp3) is 0.500. The summed E-state index contributed by atoms with van der Waals surface area (Å²) in [6, 6.07) is 0. The molecule has 0 saturated heterocycles. The molecule has 28 valence electrons. The van der Waals surface area contributed by atoms with Crippen LogP contribution in [-0.2, 0) is 0 Å². The van der Waals surface area contributed by atoms with Gasteiger partial charge >= 0.3 is 0 Å². The van der Waals surface area contributed by atoms with E-state index in [4.69, 9.17) is 0 Å². The van der Waals surface area contributed by atoms with Crippen LogP contribution in [-0.4, -0.2) is 0 Å². The fourth-order valence-electron chi connectivity index (χ4n) is 0. The molecule has 0 nitrogen and oxygen atoms in total. The molecule has 0 N–H and O–H groups in total. The molecule has 1 heteroatoms. The summed E-state index contributed by atoms with van der Waals surface area (Å²) in [5.74, 6) is 0. The minimum atomic E-state index is 0. The first-order valence-corrected chi connectivity index (χ1v) is 1.52. The van der Waals surface area contributed by atoms with Gasteiger partial charge in [0, 0.05) is 41.7 Å². The van der Waals surface area contributed by atoms with Crippen LogP contribution in [0, 0.1) is 41.7 Å². The topological polar surface area (TPSA) is 0 Å². The molecule has 0 radical (unpaired) electrons. The second kappa shape index (κ2) is 8.93. The van der Waals surface area contributed by atoms with Crippen LogP contribution in [0.25, 0.3) is 0 Å². The zero-order chi connectivity index (χ0) is 3.41. The Hall–Kier alpha value is 1.12. The van der Waals surface area contributed by atoms with Crippen molar-refractivity contribution in [3.05, 3.63) is 12.7 Å². The van der Waals surface area contributed by atoms with Gasteiger partial charge in [0.05, 0.1) is 0 Å². The van der Waals surface area contributed by atoms with Gasteiger partial charge in [0.15, 0.2) is 0 Å². The van der Waals surface area contributed by atoms with Crippen LogP contribution in [0.3, 0.4) is 0 Å². The molecule has 0 bridgehead atoms. The predicted molar refractivity (Wildman–Crippen MR) is 20.5 cm³/mol. The molecule has 0 aromatic rings. The SMILES string of the molecule is C=CCC.[Ce]. The van der Waals surface area contributed by atoms with Crippen molar-refractivity contribution in [2.24, 2.45) is 0 Å². The first kappa shape index (κ1) is 9.45. The Morgan fingerprint density at radius 2 is 2.00 bits per heavy atom. The third-order valence-electron chi connectivity index (χ3n) is 0.289. The maximum Gasteiger partial charge on any atom is 0 e. The molecule has 0 unspecified atom stereocenters. The summed E-state index contributed by atoms with van der Waals surface area (Å²) in [4.78, 5) is 0. The number of hydrogen-bond donors (Lipinski definition) is 0. The van der Waals surface area contributed by atoms with E-state index in [0.29, 0.717) is 0 Å². The molecule has 0 rings (SSSR count). The van der Waals surface area contributed by atoms with Gasteiger partial charge in [-0.25, -0.2) is 0 Å². The van der Waals surface area contributed by atoms with E-state index in [1.54, 1.807) is 0 Å². The van der Waals surface area contributed by atoms with E-state index in [9.17, 15) is 0 Å². The largest absolute Gasteiger partial charge is 0.103 e. The van der Waals surface area contributed by atoms with Crippen molar-refractivity contribution in [2.45, 2.75) is 13.3 Å². The summed E-state index contributed by atoms with van der Waals surface area (Å²) < 4.78 is 0. The molecule has 0 saturated carbocycles. The van der Waals surface area contributed by atoms with Crippen LogP contribution in [0.4, 0.5) is 0 Å². The molecular weight excluding hydrogens is 188 g/mol. The van der Waals surface area contributed by atoms with Gasteiger partial charge in [-0.3, -0.25) is 0 Å². The van der Waals surface area contributed by atoms with Gasteiger partial charge in [0.25, 0.3) is 0 Å². The van der Waals surface area contributed by atoms with Gasteiger partial charge in [-0.2, -0.15) is 0 Å². The summed E-state index contributed by atoms with van der Waals surface area (Å²) in [6.07, 6.45) is 2.96. The van der Waals surface area contributed by atoms with E-state index < -0.39 is 0 Å². The summed E-state index contributed by atoms with van der Waals surface area (Å²) in [7, 11) is 0. The molecule has 0 amide bonds. The van der Waals surface area contributed by atoms with Crippen LogP contribution in [0.5, 0.6) is 0 Å². The van der Waals surface area contributed by atoms with Gasteiger partial charge in [-0.15, -0.1) is 6.58 Å². The summed E-state index contributed by atoms with van der Waals surface area (Å²) in [5, 5.41) is 0. The zero-order valence-electron chi connectivity index (χ0n) is 3.49. The molecule has 0 aliphatic rings. The van der Waals surface area contributed by atoms with Crippen LogP contribution in [0.1, 0.15) is 13.3 Å². The van der Waals surface area contributed by atoms with Gasteiger partial charge in [0.1, 0.15) is 0 Å². The van der Waals surface area contributed by atoms with Gasteiger partial charge in [0.2, 0.25) is 0 Å². The quantitative estimate of drug-likeness (QED) is 0.559. The van der Waals surface area contributed by atoms with E-state index in [0.717, 1.165) is 6.42 Å². The molecule has 0 aliphatic heterocycles. The Labute approximate surface area is 67.0 Å². The predicted octanol–water partition coefficient (Wildman–Crippen LogP) is 1.58. The second-order valence-electron chi connectivity index (χ2n) is 0.697. The maximum absolute atomic E-state index is 3.48. The van der Waals surface area contributed by atoms with E-state index >= 15 is 0 Å². The van der Waals surface area contributed by atoms with E-state index in [1.165, 1.54) is 0 Å². The zero-order valence-corrected chi connectivity index (χ0v) is 6.63. The molecular formula is C4H8Ce. The summed E-state index contributed by atoms with van der Waals surface area (Å²) in [5.41, 5.74) is 0. The van der Waals surface area contributed by atoms with Crippen LogP contribution in [0.2, 0.25) is 0 Å². The maximum atomic E-state index is 3.48. The first-order chi connectivity index (χ1) is 1.91. The Morgan fingerprint density at radius 1 is 1.80 bits per heavy atom. The molecule has 0 aromatic heterocycles. The summed E-state index contributed by atoms with van der Waals surface area (Å²) in [6.45, 7) is 5.54. The van der Waals surface area contributed by atoms with Crippen LogP contribution >= 0.6 is 0 Å². The van der Waals surface area contributed by atoms with Crippen molar-refractivity contribution in [3.63, 3.8) is 0 Å². The van der Waals surface area contributed by atoms with E-state index in [2.05, 4.69) is 13.5 Å². The van der Waals surface area contributed by atoms with Crippen molar-refractivity contribution < 1.29 is 41.7 Å². The van der Waals surface area contributed by atoms with Crippen molar-refractivity contribution in [2.75, 3.05) is 0 Å². The first-order valence-electron chi connectivity index (χ1n) is 1.52. The van der Waals surface area contributed by atoms with Gasteiger partial charge in [-0.05, 0) is 6.42 Å². The molecule has 5 heavy (non-hydrogen) atoms. The third-order valence-corrected chi connectivity index (χ3v) is 0.289. The normalized spacial score (nSPS) is 5.00. The molecule has 0 aliphatic carbocycles. The Bertz CT molecular complexity index is 17.6. The standard InChI is InChI=1S/C4H8.Ce/c1-3-4-2;/h3H,1,4H2,2H3;. The molecule has 0 aromatic carbocycles. The molecule has 0 atom stereocenters. The van der Waals surface area contributed by atoms with Crippen molar-refractivity contribution in [1.29, 1.82) is 0 Å². The summed E-state index contributed by atoms with van der Waals surface area (Å²) >= 11 is 0. The molecule has 0 fully saturated rings. The Kier molecular flexibility index (Phi) is 16.9. The van der Waals surface area contributed by atoms with Crippen molar-refractivity contribution in [3.8, 4) is 0 Å². The van der Waals surface area contributed by atoms with E-state index in [-0.39, 0.29) is 41.7 Å². The number of allylic oxidation sites excluding steroid dienone is 1. The van der Waals surface area contributed by atoms with E-state index in [1.807, 2.05) is 6.08 Å². The van der Waals surface area contributed by atoms with Gasteiger partial charge in [-0.1, -0.05) is 13.0 Å². The average Bonchev–Trinajstić information content (AvgIpc) is 1.37. The minimum Gasteiger partial charge on any atom is -0.103 e. The van der Waals surface area contributed by atoms with Crippen molar-refractivity contribution in [1.82, 2.24) is 0 Å². The van der Waals surface area contributed by atoms with Gasteiger partial charge < -0.3 is 0 Å². The average molecular weight is 196 g/mol. The Balaban J connectivity index is 0. The van der Waals surface area contributed by atoms with Crippen LogP contribution in [0.15, 0.2) is 12.7 Å². The van der Waals surface area contributed by atoms with Crippen LogP contribution < -0.4 is 0 Å². The third kappa shape index (κ3) is 11.1. The smallest absolute Gasteiger partial charge is 0 e. The molecule has 0 spiro atoms.